The first-order valence-corrected chi connectivity index (χ1v) is 4.22. The molecule has 2 atom stereocenters. The van der Waals surface area contributed by atoms with Crippen LogP contribution in [0.15, 0.2) is 0 Å². The summed E-state index contributed by atoms with van der Waals surface area (Å²) in [6.07, 6.45) is 7.92. The van der Waals surface area contributed by atoms with Gasteiger partial charge in [-0.3, -0.25) is 4.79 Å². The molecule has 3 nitrogen and oxygen atoms in total. The van der Waals surface area contributed by atoms with Crippen LogP contribution in [-0.2, 0) is 4.79 Å². The molecule has 1 amide bonds. The molecule has 0 heterocycles. The van der Waals surface area contributed by atoms with Crippen LogP contribution < -0.4 is 11.1 Å². The lowest BCUT2D eigenvalue weighted by Gasteiger charge is -2.13. The van der Waals surface area contributed by atoms with Gasteiger partial charge in [0, 0.05) is 6.04 Å². The largest absolute Gasteiger partial charge is 0.345 e. The molecule has 1 aliphatic rings. The zero-order chi connectivity index (χ0) is 8.97. The maximum Gasteiger partial charge on any atom is 0.225 e. The third-order valence-electron chi connectivity index (χ3n) is 2.27. The minimum absolute atomic E-state index is 0.0120. The van der Waals surface area contributed by atoms with Crippen molar-refractivity contribution < 1.29 is 4.79 Å². The van der Waals surface area contributed by atoms with Crippen LogP contribution in [0.4, 0.5) is 0 Å². The lowest BCUT2D eigenvalue weighted by Crippen LogP contribution is -2.38. The van der Waals surface area contributed by atoms with Crippen molar-refractivity contribution in [2.24, 2.45) is 11.7 Å². The maximum absolute atomic E-state index is 11.3. The highest BCUT2D eigenvalue weighted by molar-refractivity contribution is 5.79. The number of rotatable bonds is 2. The van der Waals surface area contributed by atoms with Gasteiger partial charge in [0.2, 0.25) is 5.91 Å². The van der Waals surface area contributed by atoms with Gasteiger partial charge in [-0.2, -0.15) is 0 Å². The first kappa shape index (κ1) is 9.08. The van der Waals surface area contributed by atoms with Gasteiger partial charge in [0.1, 0.15) is 0 Å². The van der Waals surface area contributed by atoms with Crippen molar-refractivity contribution in [2.45, 2.75) is 25.3 Å². The zero-order valence-corrected chi connectivity index (χ0v) is 7.05. The normalized spacial score (nSPS) is 28.0. The number of amides is 1. The fourth-order valence-electron chi connectivity index (χ4n) is 1.58. The summed E-state index contributed by atoms with van der Waals surface area (Å²) in [5.74, 6) is 2.36. The van der Waals surface area contributed by atoms with Crippen LogP contribution in [0, 0.1) is 18.3 Å². The molecular formula is C9H14N2O. The molecule has 3 heteroatoms. The Morgan fingerprint density at radius 3 is 2.92 bits per heavy atom. The van der Waals surface area contributed by atoms with Crippen molar-refractivity contribution in [3.05, 3.63) is 0 Å². The predicted octanol–water partition coefficient (Wildman–Crippen LogP) is -0.137. The molecule has 3 N–H and O–H groups in total. The molecule has 1 rings (SSSR count). The van der Waals surface area contributed by atoms with E-state index in [9.17, 15) is 4.79 Å². The molecule has 0 spiro atoms. The summed E-state index contributed by atoms with van der Waals surface area (Å²) < 4.78 is 0. The Morgan fingerprint density at radius 2 is 2.42 bits per heavy atom. The van der Waals surface area contributed by atoms with Crippen LogP contribution >= 0.6 is 0 Å². The third-order valence-corrected chi connectivity index (χ3v) is 2.27. The Hall–Kier alpha value is -1.01. The van der Waals surface area contributed by atoms with Gasteiger partial charge in [-0.25, -0.2) is 0 Å². The van der Waals surface area contributed by atoms with E-state index >= 15 is 0 Å². The Bertz CT molecular complexity index is 207. The topological polar surface area (TPSA) is 55.1 Å². The van der Waals surface area contributed by atoms with E-state index in [1.165, 1.54) is 0 Å². The second-order valence-corrected chi connectivity index (χ2v) is 3.12. The second-order valence-electron chi connectivity index (χ2n) is 3.12. The zero-order valence-electron chi connectivity index (χ0n) is 7.05. The first-order chi connectivity index (χ1) is 5.75. The standard InChI is InChI=1S/C9H14N2O/c1-2-6-11-9(12)7-4-3-5-8(7)10/h1,7-8H,3-6,10H2,(H,11,12). The minimum atomic E-state index is -0.0154. The van der Waals surface area contributed by atoms with Crippen LogP contribution in [-0.4, -0.2) is 18.5 Å². The highest BCUT2D eigenvalue weighted by atomic mass is 16.1. The fourth-order valence-corrected chi connectivity index (χ4v) is 1.58. The van der Waals surface area contributed by atoms with Gasteiger partial charge >= 0.3 is 0 Å². The van der Waals surface area contributed by atoms with Gasteiger partial charge in [0.25, 0.3) is 0 Å². The summed E-state index contributed by atoms with van der Waals surface area (Å²) in [6, 6.07) is 0.0303. The highest BCUT2D eigenvalue weighted by Gasteiger charge is 2.29. The average molecular weight is 166 g/mol. The van der Waals surface area contributed by atoms with E-state index in [0.29, 0.717) is 6.54 Å². The molecule has 0 aromatic carbocycles. The molecule has 66 valence electrons. The van der Waals surface area contributed by atoms with Gasteiger partial charge < -0.3 is 11.1 Å². The van der Waals surface area contributed by atoms with E-state index in [4.69, 9.17) is 12.2 Å². The van der Waals surface area contributed by atoms with Gasteiger partial charge in [-0.15, -0.1) is 6.42 Å². The van der Waals surface area contributed by atoms with Crippen molar-refractivity contribution >= 4 is 5.91 Å². The number of nitrogens with one attached hydrogen (secondary N) is 1. The van der Waals surface area contributed by atoms with Crippen LogP contribution in [0.25, 0.3) is 0 Å². The van der Waals surface area contributed by atoms with E-state index < -0.39 is 0 Å². The molecule has 0 radical (unpaired) electrons. The van der Waals surface area contributed by atoms with Crippen molar-refractivity contribution in [2.75, 3.05) is 6.54 Å². The maximum atomic E-state index is 11.3. The minimum Gasteiger partial charge on any atom is -0.345 e. The Labute approximate surface area is 72.7 Å². The molecule has 0 bridgehead atoms. The third kappa shape index (κ3) is 1.99. The van der Waals surface area contributed by atoms with Gasteiger partial charge in [-0.1, -0.05) is 12.3 Å². The molecule has 0 saturated heterocycles. The summed E-state index contributed by atoms with van der Waals surface area (Å²) >= 11 is 0. The lowest BCUT2D eigenvalue weighted by molar-refractivity contribution is -0.124. The van der Waals surface area contributed by atoms with Crippen molar-refractivity contribution in [3.8, 4) is 12.3 Å². The Balaban J connectivity index is 2.37. The van der Waals surface area contributed by atoms with Crippen molar-refractivity contribution in [1.82, 2.24) is 5.32 Å². The number of terminal acetylenes is 1. The summed E-state index contributed by atoms with van der Waals surface area (Å²) in [5, 5.41) is 2.65. The molecular weight excluding hydrogens is 152 g/mol. The molecule has 1 fully saturated rings. The molecule has 12 heavy (non-hydrogen) atoms. The molecule has 1 aliphatic carbocycles. The van der Waals surface area contributed by atoms with Gasteiger partial charge in [-0.05, 0) is 12.8 Å². The van der Waals surface area contributed by atoms with E-state index in [-0.39, 0.29) is 17.9 Å². The average Bonchev–Trinajstić information content (AvgIpc) is 2.47. The van der Waals surface area contributed by atoms with E-state index in [0.717, 1.165) is 19.3 Å². The summed E-state index contributed by atoms with van der Waals surface area (Å²) in [5.41, 5.74) is 5.74. The molecule has 0 aliphatic heterocycles. The number of nitrogens with two attached hydrogens (primary N) is 1. The first-order valence-electron chi connectivity index (χ1n) is 4.22. The smallest absolute Gasteiger partial charge is 0.225 e. The van der Waals surface area contributed by atoms with Crippen LogP contribution in [0.1, 0.15) is 19.3 Å². The number of hydrogen-bond donors (Lipinski definition) is 2. The van der Waals surface area contributed by atoms with Crippen LogP contribution in [0.2, 0.25) is 0 Å². The van der Waals surface area contributed by atoms with Crippen LogP contribution in [0.5, 0.6) is 0 Å². The van der Waals surface area contributed by atoms with Gasteiger partial charge in [0.05, 0.1) is 12.5 Å². The van der Waals surface area contributed by atoms with Crippen molar-refractivity contribution in [1.29, 1.82) is 0 Å². The summed E-state index contributed by atoms with van der Waals surface area (Å²) in [6.45, 7) is 0.308. The number of carbonyl (C=O) groups is 1. The highest BCUT2D eigenvalue weighted by Crippen LogP contribution is 2.23. The quantitative estimate of drug-likeness (QED) is 0.561. The molecule has 0 aromatic heterocycles. The monoisotopic (exact) mass is 166 g/mol. The number of carbonyl (C=O) groups excluding carboxylic acids is 1. The Kier molecular flexibility index (Phi) is 3.12. The van der Waals surface area contributed by atoms with Crippen molar-refractivity contribution in [3.63, 3.8) is 0 Å². The predicted molar refractivity (Wildman–Crippen MR) is 47.2 cm³/mol. The van der Waals surface area contributed by atoms with Crippen LogP contribution in [0.3, 0.4) is 0 Å². The van der Waals surface area contributed by atoms with Gasteiger partial charge in [0.15, 0.2) is 0 Å². The molecule has 0 aromatic rings. The molecule has 1 saturated carbocycles. The van der Waals surface area contributed by atoms with E-state index in [1.807, 2.05) is 0 Å². The van der Waals surface area contributed by atoms with E-state index in [2.05, 4.69) is 11.2 Å². The second kappa shape index (κ2) is 4.13. The number of hydrogen-bond acceptors (Lipinski definition) is 2. The summed E-state index contributed by atoms with van der Waals surface area (Å²) in [7, 11) is 0. The SMILES string of the molecule is C#CCNC(=O)C1CCCC1N. The molecule has 2 unspecified atom stereocenters. The van der Waals surface area contributed by atoms with E-state index in [1.54, 1.807) is 0 Å². The fraction of sp³-hybridized carbons (Fsp3) is 0.667. The Morgan fingerprint density at radius 1 is 1.67 bits per heavy atom. The lowest BCUT2D eigenvalue weighted by atomic mass is 10.0. The summed E-state index contributed by atoms with van der Waals surface area (Å²) in [4.78, 5) is 11.3.